The smallest absolute Gasteiger partial charge is 0.322 e. The Morgan fingerprint density at radius 1 is 1.19 bits per heavy atom. The lowest BCUT2D eigenvalue weighted by Gasteiger charge is -2.20. The zero-order valence-electron chi connectivity index (χ0n) is 8.80. The number of rotatable bonds is 6. The summed E-state index contributed by atoms with van der Waals surface area (Å²) in [6.07, 6.45) is 0. The van der Waals surface area contributed by atoms with Crippen LogP contribution >= 0.6 is 11.6 Å². The zero-order valence-corrected chi connectivity index (χ0v) is 9.55. The maximum Gasteiger partial charge on any atom is 0.322 e. The molecule has 1 heterocycles. The lowest BCUT2D eigenvalue weighted by atomic mass is 10.5. The van der Waals surface area contributed by atoms with E-state index < -0.39 is 0 Å². The highest BCUT2D eigenvalue weighted by Crippen LogP contribution is 2.14. The van der Waals surface area contributed by atoms with E-state index in [1.807, 2.05) is 0 Å². The molecule has 8 heteroatoms. The molecule has 0 spiro atoms. The number of anilines is 1. The van der Waals surface area contributed by atoms with Crippen molar-refractivity contribution in [1.82, 2.24) is 15.0 Å². The van der Waals surface area contributed by atoms with Crippen molar-refractivity contribution in [2.75, 3.05) is 38.3 Å². The van der Waals surface area contributed by atoms with Crippen molar-refractivity contribution in [2.45, 2.75) is 0 Å². The summed E-state index contributed by atoms with van der Waals surface area (Å²) in [6.45, 7) is 0.436. The third-order valence-electron chi connectivity index (χ3n) is 1.78. The maximum absolute atomic E-state index is 8.86. The van der Waals surface area contributed by atoms with Crippen molar-refractivity contribution >= 4 is 17.5 Å². The summed E-state index contributed by atoms with van der Waals surface area (Å²) < 4.78 is 4.84. The highest BCUT2D eigenvalue weighted by atomic mass is 35.5. The van der Waals surface area contributed by atoms with Crippen molar-refractivity contribution in [3.63, 3.8) is 0 Å². The Morgan fingerprint density at radius 2 is 1.81 bits per heavy atom. The normalized spacial score (nSPS) is 10.2. The van der Waals surface area contributed by atoms with Crippen molar-refractivity contribution < 1.29 is 14.9 Å². The molecule has 0 saturated carbocycles. The lowest BCUT2D eigenvalue weighted by Crippen LogP contribution is -2.31. The molecule has 0 aliphatic rings. The maximum atomic E-state index is 8.86. The number of hydrogen-bond acceptors (Lipinski definition) is 7. The van der Waals surface area contributed by atoms with Crippen LogP contribution < -0.4 is 9.64 Å². The van der Waals surface area contributed by atoms with Crippen molar-refractivity contribution in [3.8, 4) is 6.01 Å². The second-order valence-electron chi connectivity index (χ2n) is 2.83. The molecule has 1 rings (SSSR count). The summed E-state index contributed by atoms with van der Waals surface area (Å²) in [6, 6.07) is 0.0934. The number of aromatic nitrogens is 3. The minimum Gasteiger partial charge on any atom is -0.467 e. The number of methoxy groups -OCH3 is 1. The predicted octanol–water partition coefficient (Wildman–Crippen LogP) is -0.675. The van der Waals surface area contributed by atoms with Gasteiger partial charge in [0.2, 0.25) is 11.2 Å². The van der Waals surface area contributed by atoms with E-state index in [1.165, 1.54) is 7.11 Å². The highest BCUT2D eigenvalue weighted by molar-refractivity contribution is 6.28. The van der Waals surface area contributed by atoms with Crippen molar-refractivity contribution in [1.29, 1.82) is 0 Å². The van der Waals surface area contributed by atoms with E-state index in [4.69, 9.17) is 26.6 Å². The van der Waals surface area contributed by atoms with Gasteiger partial charge in [-0.1, -0.05) is 0 Å². The SMILES string of the molecule is COc1nc(Cl)nc(N(CCO)CCO)n1. The number of hydrogen-bond donors (Lipinski definition) is 2. The molecule has 1 aromatic heterocycles. The number of halogens is 1. The van der Waals surface area contributed by atoms with E-state index in [0.717, 1.165) is 0 Å². The number of ether oxygens (including phenoxy) is 1. The van der Waals surface area contributed by atoms with Crippen LogP contribution in [0, 0.1) is 0 Å². The minimum atomic E-state index is -0.0778. The third kappa shape index (κ3) is 3.44. The van der Waals surface area contributed by atoms with Gasteiger partial charge in [-0.25, -0.2) is 0 Å². The van der Waals surface area contributed by atoms with Crippen LogP contribution in [-0.2, 0) is 0 Å². The highest BCUT2D eigenvalue weighted by Gasteiger charge is 2.12. The van der Waals surface area contributed by atoms with Gasteiger partial charge in [-0.2, -0.15) is 15.0 Å². The van der Waals surface area contributed by atoms with E-state index in [-0.39, 0.29) is 30.5 Å². The van der Waals surface area contributed by atoms with Gasteiger partial charge in [0.15, 0.2) is 0 Å². The van der Waals surface area contributed by atoms with Crippen LogP contribution in [0.15, 0.2) is 0 Å². The molecule has 7 nitrogen and oxygen atoms in total. The lowest BCUT2D eigenvalue weighted by molar-refractivity contribution is 0.279. The third-order valence-corrected chi connectivity index (χ3v) is 1.95. The summed E-state index contributed by atoms with van der Waals surface area (Å²) in [4.78, 5) is 13.2. The Balaban J connectivity index is 2.93. The van der Waals surface area contributed by atoms with Crippen LogP contribution in [0.1, 0.15) is 0 Å². The van der Waals surface area contributed by atoms with Gasteiger partial charge in [-0.3, -0.25) is 0 Å². The van der Waals surface area contributed by atoms with Crippen LogP contribution in [-0.4, -0.2) is 58.6 Å². The predicted molar refractivity (Wildman–Crippen MR) is 57.8 cm³/mol. The van der Waals surface area contributed by atoms with Gasteiger partial charge in [0.1, 0.15) is 0 Å². The fourth-order valence-electron chi connectivity index (χ4n) is 1.11. The summed E-state index contributed by atoms with van der Waals surface area (Å²) in [7, 11) is 1.41. The molecule has 0 aliphatic heterocycles. The standard InChI is InChI=1S/C8H13ClN4O3/c1-16-8-11-6(9)10-7(12-8)13(2-4-14)3-5-15/h14-15H,2-5H2,1H3. The van der Waals surface area contributed by atoms with Gasteiger partial charge < -0.3 is 19.8 Å². The quantitative estimate of drug-likeness (QED) is 0.689. The van der Waals surface area contributed by atoms with Gasteiger partial charge in [-0.15, -0.1) is 0 Å². The van der Waals surface area contributed by atoms with E-state index in [1.54, 1.807) is 4.90 Å². The molecule has 90 valence electrons. The summed E-state index contributed by atoms with van der Waals surface area (Å²) in [5, 5.41) is 17.7. The molecule has 0 atom stereocenters. The van der Waals surface area contributed by atoms with E-state index in [0.29, 0.717) is 13.1 Å². The molecule has 0 radical (unpaired) electrons. The Bertz CT molecular complexity index is 333. The Hall–Kier alpha value is -1.18. The summed E-state index contributed by atoms with van der Waals surface area (Å²) >= 11 is 5.68. The van der Waals surface area contributed by atoms with Crippen molar-refractivity contribution in [2.24, 2.45) is 0 Å². The second kappa shape index (κ2) is 6.41. The van der Waals surface area contributed by atoms with E-state index in [2.05, 4.69) is 15.0 Å². The molecule has 0 fully saturated rings. The van der Waals surface area contributed by atoms with Gasteiger partial charge in [0.25, 0.3) is 0 Å². The number of aliphatic hydroxyl groups excluding tert-OH is 2. The Kier molecular flexibility index (Phi) is 5.17. The topological polar surface area (TPSA) is 91.6 Å². The first-order valence-corrected chi connectivity index (χ1v) is 5.01. The van der Waals surface area contributed by atoms with Crippen LogP contribution in [0.4, 0.5) is 5.95 Å². The average Bonchev–Trinajstić information content (AvgIpc) is 2.28. The number of nitrogens with zero attached hydrogens (tertiary/aromatic N) is 4. The molecule has 16 heavy (non-hydrogen) atoms. The van der Waals surface area contributed by atoms with Gasteiger partial charge in [0.05, 0.1) is 20.3 Å². The van der Waals surface area contributed by atoms with Gasteiger partial charge >= 0.3 is 6.01 Å². The second-order valence-corrected chi connectivity index (χ2v) is 3.16. The Labute approximate surface area is 97.7 Å². The minimum absolute atomic E-state index is 0.00253. The van der Waals surface area contributed by atoms with Crippen LogP contribution in [0.2, 0.25) is 5.28 Å². The average molecular weight is 249 g/mol. The molecule has 0 amide bonds. The molecular weight excluding hydrogens is 236 g/mol. The Morgan fingerprint density at radius 3 is 2.31 bits per heavy atom. The molecule has 0 aromatic carbocycles. The molecule has 1 aromatic rings. The first-order chi connectivity index (χ1) is 7.71. The summed E-state index contributed by atoms with van der Waals surface area (Å²) in [5.74, 6) is 0.264. The molecule has 2 N–H and O–H groups in total. The van der Waals surface area contributed by atoms with Gasteiger partial charge in [-0.05, 0) is 11.6 Å². The van der Waals surface area contributed by atoms with E-state index >= 15 is 0 Å². The molecule has 0 saturated heterocycles. The molecule has 0 unspecified atom stereocenters. The van der Waals surface area contributed by atoms with Crippen LogP contribution in [0.3, 0.4) is 0 Å². The fourth-order valence-corrected chi connectivity index (χ4v) is 1.26. The molecular formula is C8H13ClN4O3. The first-order valence-electron chi connectivity index (χ1n) is 4.63. The first kappa shape index (κ1) is 12.9. The molecule has 0 aliphatic carbocycles. The fraction of sp³-hybridized carbons (Fsp3) is 0.625. The zero-order chi connectivity index (χ0) is 12.0. The van der Waals surface area contributed by atoms with Gasteiger partial charge in [0, 0.05) is 13.1 Å². The largest absolute Gasteiger partial charge is 0.467 e. The van der Waals surface area contributed by atoms with Crippen molar-refractivity contribution in [3.05, 3.63) is 5.28 Å². The van der Waals surface area contributed by atoms with Crippen LogP contribution in [0.5, 0.6) is 6.01 Å². The monoisotopic (exact) mass is 248 g/mol. The molecule has 0 bridgehead atoms. The number of aliphatic hydroxyl groups is 2. The van der Waals surface area contributed by atoms with E-state index in [9.17, 15) is 0 Å². The summed E-state index contributed by atoms with van der Waals surface area (Å²) in [5.41, 5.74) is 0. The van der Waals surface area contributed by atoms with Crippen LogP contribution in [0.25, 0.3) is 0 Å².